The van der Waals surface area contributed by atoms with Crippen LogP contribution in [-0.2, 0) is 0 Å². The molecular weight excluding hydrogens is 126 g/mol. The lowest BCUT2D eigenvalue weighted by Gasteiger charge is -2.10. The number of rotatable bonds is 3. The summed E-state index contributed by atoms with van der Waals surface area (Å²) in [5, 5.41) is 8.62. The molecule has 0 radical (unpaired) electrons. The number of aromatic nitrogens is 1. The molecule has 1 atom stereocenters. The molecule has 0 saturated carbocycles. The van der Waals surface area contributed by atoms with E-state index in [2.05, 4.69) is 11.5 Å². The maximum absolute atomic E-state index is 8.62. The fraction of sp³-hybridized carbons (Fsp3) is 0.500. The summed E-state index contributed by atoms with van der Waals surface area (Å²) in [5.41, 5.74) is 0. The standard InChI is InChI=1S/C8H13NO/c1-8(4-7-10)9-5-2-3-6-9/h2-3,5-6,8,10H,4,7H2,1H3. The summed E-state index contributed by atoms with van der Waals surface area (Å²) in [6, 6.07) is 4.40. The predicted molar refractivity (Wildman–Crippen MR) is 40.8 cm³/mol. The Morgan fingerprint density at radius 3 is 2.50 bits per heavy atom. The van der Waals surface area contributed by atoms with E-state index in [1.807, 2.05) is 24.5 Å². The summed E-state index contributed by atoms with van der Waals surface area (Å²) >= 11 is 0. The molecule has 1 heterocycles. The normalized spacial score (nSPS) is 13.4. The highest BCUT2D eigenvalue weighted by Gasteiger charge is 1.99. The Morgan fingerprint density at radius 1 is 1.40 bits per heavy atom. The second kappa shape index (κ2) is 3.42. The van der Waals surface area contributed by atoms with Crippen molar-refractivity contribution in [2.45, 2.75) is 19.4 Å². The third-order valence-corrected chi connectivity index (χ3v) is 1.68. The van der Waals surface area contributed by atoms with Crippen LogP contribution in [0.15, 0.2) is 24.5 Å². The van der Waals surface area contributed by atoms with Crippen molar-refractivity contribution in [2.75, 3.05) is 6.61 Å². The van der Waals surface area contributed by atoms with Crippen LogP contribution < -0.4 is 0 Å². The zero-order valence-electron chi connectivity index (χ0n) is 6.20. The fourth-order valence-electron chi connectivity index (χ4n) is 0.978. The lowest BCUT2D eigenvalue weighted by molar-refractivity contribution is 0.263. The van der Waals surface area contributed by atoms with E-state index in [1.54, 1.807) is 0 Å². The third kappa shape index (κ3) is 1.61. The van der Waals surface area contributed by atoms with E-state index in [-0.39, 0.29) is 6.61 Å². The van der Waals surface area contributed by atoms with Crippen molar-refractivity contribution in [3.8, 4) is 0 Å². The molecule has 0 saturated heterocycles. The highest BCUT2D eigenvalue weighted by molar-refractivity contribution is 4.92. The van der Waals surface area contributed by atoms with Gasteiger partial charge in [0.1, 0.15) is 0 Å². The van der Waals surface area contributed by atoms with Crippen molar-refractivity contribution in [3.63, 3.8) is 0 Å². The van der Waals surface area contributed by atoms with E-state index in [9.17, 15) is 0 Å². The van der Waals surface area contributed by atoms with Gasteiger partial charge in [-0.2, -0.15) is 0 Å². The molecule has 0 aliphatic rings. The Balaban J connectivity index is 2.50. The minimum Gasteiger partial charge on any atom is -0.396 e. The minimum absolute atomic E-state index is 0.263. The summed E-state index contributed by atoms with van der Waals surface area (Å²) in [4.78, 5) is 0. The fourth-order valence-corrected chi connectivity index (χ4v) is 0.978. The number of hydrogen-bond acceptors (Lipinski definition) is 1. The highest BCUT2D eigenvalue weighted by Crippen LogP contribution is 2.08. The van der Waals surface area contributed by atoms with Gasteiger partial charge in [-0.3, -0.25) is 0 Å². The lowest BCUT2D eigenvalue weighted by Crippen LogP contribution is -2.03. The molecule has 0 bridgehead atoms. The maximum Gasteiger partial charge on any atom is 0.0450 e. The topological polar surface area (TPSA) is 25.2 Å². The van der Waals surface area contributed by atoms with Crippen LogP contribution in [0.25, 0.3) is 0 Å². The molecule has 1 rings (SSSR count). The third-order valence-electron chi connectivity index (χ3n) is 1.68. The number of nitrogens with zero attached hydrogens (tertiary/aromatic N) is 1. The second-order valence-corrected chi connectivity index (χ2v) is 2.49. The minimum atomic E-state index is 0.263. The van der Waals surface area contributed by atoms with Crippen LogP contribution in [0.5, 0.6) is 0 Å². The molecule has 1 unspecified atom stereocenters. The van der Waals surface area contributed by atoms with Crippen molar-refractivity contribution in [1.29, 1.82) is 0 Å². The number of aliphatic hydroxyl groups is 1. The van der Waals surface area contributed by atoms with E-state index in [0.29, 0.717) is 6.04 Å². The number of hydrogen-bond donors (Lipinski definition) is 1. The van der Waals surface area contributed by atoms with Crippen LogP contribution in [0.3, 0.4) is 0 Å². The molecular formula is C8H13NO. The summed E-state index contributed by atoms with van der Waals surface area (Å²) in [7, 11) is 0. The molecule has 0 fully saturated rings. The first-order valence-electron chi connectivity index (χ1n) is 3.58. The molecule has 0 amide bonds. The Bertz CT molecular complexity index is 169. The zero-order valence-corrected chi connectivity index (χ0v) is 6.20. The summed E-state index contributed by atoms with van der Waals surface area (Å²) in [5.74, 6) is 0. The van der Waals surface area contributed by atoms with Crippen molar-refractivity contribution < 1.29 is 5.11 Å². The van der Waals surface area contributed by atoms with Gasteiger partial charge in [-0.05, 0) is 25.5 Å². The van der Waals surface area contributed by atoms with Crippen LogP contribution in [0, 0.1) is 0 Å². The average Bonchev–Trinajstić information content (AvgIpc) is 2.38. The van der Waals surface area contributed by atoms with Gasteiger partial charge in [0.2, 0.25) is 0 Å². The van der Waals surface area contributed by atoms with Gasteiger partial charge < -0.3 is 9.67 Å². The molecule has 0 aliphatic heterocycles. The van der Waals surface area contributed by atoms with Crippen molar-refractivity contribution in [1.82, 2.24) is 4.57 Å². The van der Waals surface area contributed by atoms with Gasteiger partial charge in [0.15, 0.2) is 0 Å². The molecule has 2 nitrogen and oxygen atoms in total. The molecule has 2 heteroatoms. The van der Waals surface area contributed by atoms with E-state index in [4.69, 9.17) is 5.11 Å². The smallest absolute Gasteiger partial charge is 0.0450 e. The Morgan fingerprint density at radius 2 is 2.00 bits per heavy atom. The van der Waals surface area contributed by atoms with Gasteiger partial charge in [-0.15, -0.1) is 0 Å². The van der Waals surface area contributed by atoms with Crippen molar-refractivity contribution in [3.05, 3.63) is 24.5 Å². The Kier molecular flexibility index (Phi) is 2.51. The van der Waals surface area contributed by atoms with Crippen LogP contribution in [0.1, 0.15) is 19.4 Å². The van der Waals surface area contributed by atoms with Crippen LogP contribution >= 0.6 is 0 Å². The summed E-state index contributed by atoms with van der Waals surface area (Å²) in [6.45, 7) is 2.36. The summed E-state index contributed by atoms with van der Waals surface area (Å²) < 4.78 is 2.09. The first kappa shape index (κ1) is 7.35. The predicted octanol–water partition coefficient (Wildman–Crippen LogP) is 1.43. The van der Waals surface area contributed by atoms with E-state index in [1.165, 1.54) is 0 Å². The highest BCUT2D eigenvalue weighted by atomic mass is 16.3. The van der Waals surface area contributed by atoms with Crippen LogP contribution in [0.2, 0.25) is 0 Å². The van der Waals surface area contributed by atoms with Gasteiger partial charge in [-0.25, -0.2) is 0 Å². The molecule has 0 spiro atoms. The van der Waals surface area contributed by atoms with Crippen LogP contribution in [-0.4, -0.2) is 16.3 Å². The molecule has 1 aromatic heterocycles. The Labute approximate surface area is 61.1 Å². The zero-order chi connectivity index (χ0) is 7.40. The van der Waals surface area contributed by atoms with Crippen LogP contribution in [0.4, 0.5) is 0 Å². The van der Waals surface area contributed by atoms with Crippen molar-refractivity contribution >= 4 is 0 Å². The van der Waals surface area contributed by atoms with E-state index < -0.39 is 0 Å². The first-order chi connectivity index (χ1) is 4.84. The molecule has 1 aromatic rings. The first-order valence-corrected chi connectivity index (χ1v) is 3.58. The quantitative estimate of drug-likeness (QED) is 0.673. The maximum atomic E-state index is 8.62. The SMILES string of the molecule is CC(CCO)n1cccc1. The van der Waals surface area contributed by atoms with Gasteiger partial charge in [0.25, 0.3) is 0 Å². The van der Waals surface area contributed by atoms with Crippen molar-refractivity contribution in [2.24, 2.45) is 0 Å². The molecule has 10 heavy (non-hydrogen) atoms. The molecule has 0 aromatic carbocycles. The second-order valence-electron chi connectivity index (χ2n) is 2.49. The molecule has 0 aliphatic carbocycles. The molecule has 1 N–H and O–H groups in total. The van der Waals surface area contributed by atoms with Gasteiger partial charge in [-0.1, -0.05) is 0 Å². The number of aliphatic hydroxyl groups excluding tert-OH is 1. The van der Waals surface area contributed by atoms with Gasteiger partial charge >= 0.3 is 0 Å². The Hall–Kier alpha value is -0.760. The van der Waals surface area contributed by atoms with Gasteiger partial charge in [0.05, 0.1) is 0 Å². The van der Waals surface area contributed by atoms with E-state index >= 15 is 0 Å². The summed E-state index contributed by atoms with van der Waals surface area (Å²) in [6.07, 6.45) is 4.86. The monoisotopic (exact) mass is 139 g/mol. The van der Waals surface area contributed by atoms with Gasteiger partial charge in [0, 0.05) is 25.0 Å². The van der Waals surface area contributed by atoms with E-state index in [0.717, 1.165) is 6.42 Å². The largest absolute Gasteiger partial charge is 0.396 e. The molecule has 56 valence electrons. The lowest BCUT2D eigenvalue weighted by atomic mass is 10.2. The average molecular weight is 139 g/mol.